The summed E-state index contributed by atoms with van der Waals surface area (Å²) in [5.41, 5.74) is 0. The molecule has 0 saturated carbocycles. The Bertz CT molecular complexity index is 542. The first-order chi connectivity index (χ1) is 9.16. The van der Waals surface area contributed by atoms with E-state index in [-0.39, 0.29) is 11.9 Å². The highest BCUT2D eigenvalue weighted by Crippen LogP contribution is 2.26. The fourth-order valence-electron chi connectivity index (χ4n) is 1.60. The summed E-state index contributed by atoms with van der Waals surface area (Å²) in [5.74, 6) is 1.03. The fourth-order valence-corrected chi connectivity index (χ4v) is 2.65. The van der Waals surface area contributed by atoms with Crippen molar-refractivity contribution in [1.82, 2.24) is 5.32 Å². The average Bonchev–Trinajstić information content (AvgIpc) is 2.91. The molecular formula is C14H14ClNO2S. The van der Waals surface area contributed by atoms with Gasteiger partial charge in [-0.05, 0) is 31.2 Å². The van der Waals surface area contributed by atoms with Crippen LogP contribution >= 0.6 is 23.4 Å². The zero-order chi connectivity index (χ0) is 13.7. The average molecular weight is 296 g/mol. The highest BCUT2D eigenvalue weighted by Gasteiger charge is 2.12. The molecule has 5 heteroatoms. The Labute approximate surface area is 121 Å². The smallest absolute Gasteiger partial charge is 0.230 e. The highest BCUT2D eigenvalue weighted by molar-refractivity contribution is 8.00. The van der Waals surface area contributed by atoms with Crippen molar-refractivity contribution < 1.29 is 9.21 Å². The Balaban J connectivity index is 1.84. The lowest BCUT2D eigenvalue weighted by atomic mass is 10.2. The van der Waals surface area contributed by atoms with Gasteiger partial charge in [-0.3, -0.25) is 4.79 Å². The third-order valence-electron chi connectivity index (χ3n) is 2.54. The molecule has 0 aliphatic rings. The van der Waals surface area contributed by atoms with E-state index in [0.717, 1.165) is 10.7 Å². The lowest BCUT2D eigenvalue weighted by Crippen LogP contribution is -2.27. The first-order valence-electron chi connectivity index (χ1n) is 5.87. The lowest BCUT2D eigenvalue weighted by molar-refractivity contribution is -0.119. The molecule has 1 aromatic heterocycles. The summed E-state index contributed by atoms with van der Waals surface area (Å²) >= 11 is 7.45. The zero-order valence-corrected chi connectivity index (χ0v) is 12.0. The number of rotatable bonds is 5. The van der Waals surface area contributed by atoms with Gasteiger partial charge in [0.25, 0.3) is 0 Å². The number of benzene rings is 1. The molecule has 1 N–H and O–H groups in total. The third kappa shape index (κ3) is 4.04. The normalized spacial score (nSPS) is 12.1. The SMILES string of the molecule is C[C@H](NC(=O)CSc1ccccc1Cl)c1ccco1. The highest BCUT2D eigenvalue weighted by atomic mass is 35.5. The van der Waals surface area contributed by atoms with Crippen LogP contribution in [0.3, 0.4) is 0 Å². The van der Waals surface area contributed by atoms with E-state index in [2.05, 4.69) is 5.32 Å². The monoisotopic (exact) mass is 295 g/mol. The maximum absolute atomic E-state index is 11.8. The van der Waals surface area contributed by atoms with Gasteiger partial charge in [-0.1, -0.05) is 23.7 Å². The maximum atomic E-state index is 11.8. The van der Waals surface area contributed by atoms with Crippen molar-refractivity contribution in [3.8, 4) is 0 Å². The molecule has 1 heterocycles. The van der Waals surface area contributed by atoms with E-state index in [0.29, 0.717) is 10.8 Å². The van der Waals surface area contributed by atoms with Gasteiger partial charge in [0.2, 0.25) is 5.91 Å². The summed E-state index contributed by atoms with van der Waals surface area (Å²) < 4.78 is 5.24. The van der Waals surface area contributed by atoms with Gasteiger partial charge in [0, 0.05) is 4.90 Å². The van der Waals surface area contributed by atoms with Crippen molar-refractivity contribution in [1.29, 1.82) is 0 Å². The molecule has 2 aromatic rings. The van der Waals surface area contributed by atoms with Gasteiger partial charge in [-0.15, -0.1) is 11.8 Å². The molecule has 1 amide bonds. The first-order valence-corrected chi connectivity index (χ1v) is 7.23. The fraction of sp³-hybridized carbons (Fsp3) is 0.214. The second-order valence-corrected chi connectivity index (χ2v) is 5.45. The molecule has 0 bridgehead atoms. The first kappa shape index (κ1) is 14.0. The molecule has 3 nitrogen and oxygen atoms in total. The number of amides is 1. The molecule has 0 aliphatic carbocycles. The van der Waals surface area contributed by atoms with E-state index in [9.17, 15) is 4.79 Å². The molecule has 0 fully saturated rings. The zero-order valence-electron chi connectivity index (χ0n) is 10.4. The van der Waals surface area contributed by atoms with Crippen LogP contribution in [0.4, 0.5) is 0 Å². The molecule has 19 heavy (non-hydrogen) atoms. The van der Waals surface area contributed by atoms with Crippen molar-refractivity contribution in [3.63, 3.8) is 0 Å². The van der Waals surface area contributed by atoms with Crippen LogP contribution in [0, 0.1) is 0 Å². The molecule has 0 radical (unpaired) electrons. The largest absolute Gasteiger partial charge is 0.467 e. The Hall–Kier alpha value is -1.39. The Kier molecular flexibility index (Phi) is 4.93. The van der Waals surface area contributed by atoms with E-state index in [1.54, 1.807) is 12.3 Å². The van der Waals surface area contributed by atoms with Crippen LogP contribution in [0.25, 0.3) is 0 Å². The van der Waals surface area contributed by atoms with Gasteiger partial charge < -0.3 is 9.73 Å². The van der Waals surface area contributed by atoms with E-state index < -0.39 is 0 Å². The molecule has 1 aromatic carbocycles. The van der Waals surface area contributed by atoms with E-state index in [1.165, 1.54) is 11.8 Å². The Morgan fingerprint density at radius 1 is 1.37 bits per heavy atom. The van der Waals surface area contributed by atoms with Crippen molar-refractivity contribution in [2.75, 3.05) is 5.75 Å². The van der Waals surface area contributed by atoms with E-state index in [1.807, 2.05) is 37.3 Å². The summed E-state index contributed by atoms with van der Waals surface area (Å²) in [5, 5.41) is 3.54. The topological polar surface area (TPSA) is 42.2 Å². The van der Waals surface area contributed by atoms with Crippen LogP contribution in [0.2, 0.25) is 5.02 Å². The Morgan fingerprint density at radius 3 is 2.84 bits per heavy atom. The molecule has 0 saturated heterocycles. The van der Waals surface area contributed by atoms with Gasteiger partial charge in [0.15, 0.2) is 0 Å². The number of carbonyl (C=O) groups excluding carboxylic acids is 1. The van der Waals surface area contributed by atoms with Gasteiger partial charge in [-0.25, -0.2) is 0 Å². The minimum Gasteiger partial charge on any atom is -0.467 e. The lowest BCUT2D eigenvalue weighted by Gasteiger charge is -2.11. The number of hydrogen-bond donors (Lipinski definition) is 1. The van der Waals surface area contributed by atoms with Crippen molar-refractivity contribution in [3.05, 3.63) is 53.4 Å². The number of furan rings is 1. The summed E-state index contributed by atoms with van der Waals surface area (Å²) in [6.45, 7) is 1.89. The van der Waals surface area contributed by atoms with Gasteiger partial charge >= 0.3 is 0 Å². The van der Waals surface area contributed by atoms with E-state index >= 15 is 0 Å². The second-order valence-electron chi connectivity index (χ2n) is 4.02. The molecule has 1 atom stereocenters. The van der Waals surface area contributed by atoms with Crippen molar-refractivity contribution in [2.24, 2.45) is 0 Å². The minimum absolute atomic E-state index is 0.0474. The summed E-state index contributed by atoms with van der Waals surface area (Å²) in [6.07, 6.45) is 1.59. The van der Waals surface area contributed by atoms with Crippen LogP contribution in [-0.4, -0.2) is 11.7 Å². The minimum atomic E-state index is -0.130. The molecule has 0 aliphatic heterocycles. The Morgan fingerprint density at radius 2 is 2.16 bits per heavy atom. The standard InChI is InChI=1S/C14H14ClNO2S/c1-10(12-6-4-8-18-12)16-14(17)9-19-13-7-3-2-5-11(13)15/h2-8,10H,9H2,1H3,(H,16,17)/t10-/m0/s1. The predicted octanol–water partition coefficient (Wildman–Crippen LogP) is 3.90. The van der Waals surface area contributed by atoms with Gasteiger partial charge in [-0.2, -0.15) is 0 Å². The molecule has 0 unspecified atom stereocenters. The summed E-state index contributed by atoms with van der Waals surface area (Å²) in [7, 11) is 0. The van der Waals surface area contributed by atoms with Crippen LogP contribution in [0.5, 0.6) is 0 Å². The summed E-state index contributed by atoms with van der Waals surface area (Å²) in [4.78, 5) is 12.7. The van der Waals surface area contributed by atoms with Gasteiger partial charge in [0.05, 0.1) is 23.1 Å². The van der Waals surface area contributed by atoms with Crippen LogP contribution in [0.1, 0.15) is 18.7 Å². The van der Waals surface area contributed by atoms with Gasteiger partial charge in [0.1, 0.15) is 5.76 Å². The quantitative estimate of drug-likeness (QED) is 0.851. The second kappa shape index (κ2) is 6.68. The van der Waals surface area contributed by atoms with Crippen LogP contribution < -0.4 is 5.32 Å². The van der Waals surface area contributed by atoms with Crippen LogP contribution in [-0.2, 0) is 4.79 Å². The predicted molar refractivity (Wildman–Crippen MR) is 77.4 cm³/mol. The van der Waals surface area contributed by atoms with Crippen molar-refractivity contribution >= 4 is 29.3 Å². The summed E-state index contributed by atoms with van der Waals surface area (Å²) in [6, 6.07) is 11.0. The number of nitrogens with one attached hydrogen (secondary N) is 1. The third-order valence-corrected chi connectivity index (χ3v) is 4.06. The maximum Gasteiger partial charge on any atom is 0.230 e. The van der Waals surface area contributed by atoms with Crippen LogP contribution in [0.15, 0.2) is 52.0 Å². The molecular weight excluding hydrogens is 282 g/mol. The molecule has 0 spiro atoms. The number of hydrogen-bond acceptors (Lipinski definition) is 3. The van der Waals surface area contributed by atoms with E-state index in [4.69, 9.17) is 16.0 Å². The molecule has 100 valence electrons. The van der Waals surface area contributed by atoms with Crippen molar-refractivity contribution in [2.45, 2.75) is 17.9 Å². The molecule has 2 rings (SSSR count). The number of carbonyl (C=O) groups is 1. The number of thioether (sulfide) groups is 1. The number of halogens is 1.